The van der Waals surface area contributed by atoms with Crippen LogP contribution in [0.2, 0.25) is 0 Å². The van der Waals surface area contributed by atoms with E-state index >= 15 is 0 Å². The summed E-state index contributed by atoms with van der Waals surface area (Å²) in [5.74, 6) is -0.888. The summed E-state index contributed by atoms with van der Waals surface area (Å²) < 4.78 is 5.32. The van der Waals surface area contributed by atoms with Gasteiger partial charge in [0.1, 0.15) is 5.75 Å². The monoisotopic (exact) mass is 263 g/mol. The van der Waals surface area contributed by atoms with Gasteiger partial charge in [-0.2, -0.15) is 0 Å². The van der Waals surface area contributed by atoms with Gasteiger partial charge in [-0.05, 0) is 32.9 Å². The predicted octanol–water partition coefficient (Wildman–Crippen LogP) is 2.44. The van der Waals surface area contributed by atoms with Crippen LogP contribution < -0.4 is 10.1 Å². The molecule has 0 spiro atoms. The molecule has 1 aromatic carbocycles. The van der Waals surface area contributed by atoms with Gasteiger partial charge in [-0.15, -0.1) is 0 Å². The summed E-state index contributed by atoms with van der Waals surface area (Å²) in [6.45, 7) is 5.28. The molecule has 1 aromatic rings. The minimum absolute atomic E-state index is 0.0264. The molecule has 1 rings (SSSR count). The molecule has 0 aliphatic carbocycles. The maximum Gasteiger partial charge on any atom is 0.331 e. The van der Waals surface area contributed by atoms with Crippen molar-refractivity contribution >= 4 is 17.6 Å². The smallest absolute Gasteiger partial charge is 0.331 e. The lowest BCUT2D eigenvalue weighted by Gasteiger charge is -2.09. The summed E-state index contributed by atoms with van der Waals surface area (Å²) in [5.41, 5.74) is 0.765. The predicted molar refractivity (Wildman–Crippen MR) is 72.3 cm³/mol. The Balaban J connectivity index is 2.85. The van der Waals surface area contributed by atoms with E-state index in [0.717, 1.165) is 0 Å². The second-order valence-corrected chi connectivity index (χ2v) is 3.97. The van der Waals surface area contributed by atoms with Gasteiger partial charge in [0.05, 0.1) is 6.61 Å². The molecular weight excluding hydrogens is 246 g/mol. The van der Waals surface area contributed by atoms with E-state index in [0.29, 0.717) is 18.0 Å². The summed E-state index contributed by atoms with van der Waals surface area (Å²) in [6, 6.07) is 6.93. The minimum Gasteiger partial charge on any atom is -0.494 e. The van der Waals surface area contributed by atoms with E-state index in [1.807, 2.05) is 6.92 Å². The Morgan fingerprint density at radius 2 is 1.95 bits per heavy atom. The molecule has 19 heavy (non-hydrogen) atoms. The molecule has 0 fully saturated rings. The second-order valence-electron chi connectivity index (χ2n) is 3.97. The molecule has 0 radical (unpaired) electrons. The first-order valence-corrected chi connectivity index (χ1v) is 5.90. The van der Waals surface area contributed by atoms with Crippen molar-refractivity contribution in [2.24, 2.45) is 0 Å². The number of amides is 1. The molecule has 0 bridgehead atoms. The van der Waals surface area contributed by atoms with Crippen LogP contribution in [-0.2, 0) is 9.59 Å². The number of carbonyl (C=O) groups is 2. The van der Waals surface area contributed by atoms with Gasteiger partial charge in [-0.1, -0.05) is 6.07 Å². The SMILES string of the molecule is CCOc1cccc(NC(=O)C(C)=C(C)C(=O)O)c1. The quantitative estimate of drug-likeness (QED) is 0.800. The fourth-order valence-corrected chi connectivity index (χ4v) is 1.39. The zero-order valence-electron chi connectivity index (χ0n) is 11.2. The number of hydrogen-bond acceptors (Lipinski definition) is 3. The van der Waals surface area contributed by atoms with E-state index in [2.05, 4.69) is 5.32 Å². The van der Waals surface area contributed by atoms with E-state index in [-0.39, 0.29) is 11.1 Å². The number of benzene rings is 1. The number of nitrogens with one attached hydrogen (secondary N) is 1. The average molecular weight is 263 g/mol. The number of ether oxygens (including phenoxy) is 1. The van der Waals surface area contributed by atoms with Crippen LogP contribution in [0.5, 0.6) is 5.75 Å². The fourth-order valence-electron chi connectivity index (χ4n) is 1.39. The minimum atomic E-state index is -1.10. The van der Waals surface area contributed by atoms with Crippen LogP contribution in [0.15, 0.2) is 35.4 Å². The summed E-state index contributed by atoms with van der Waals surface area (Å²) in [7, 11) is 0. The van der Waals surface area contributed by atoms with Crippen molar-refractivity contribution in [2.45, 2.75) is 20.8 Å². The molecule has 102 valence electrons. The Morgan fingerprint density at radius 3 is 2.53 bits per heavy atom. The van der Waals surface area contributed by atoms with E-state index in [1.54, 1.807) is 24.3 Å². The van der Waals surface area contributed by atoms with E-state index < -0.39 is 11.9 Å². The molecule has 0 aromatic heterocycles. The Morgan fingerprint density at radius 1 is 1.26 bits per heavy atom. The Kier molecular flexibility index (Phi) is 5.11. The van der Waals surface area contributed by atoms with Gasteiger partial charge in [-0.3, -0.25) is 4.79 Å². The van der Waals surface area contributed by atoms with Crippen molar-refractivity contribution in [3.63, 3.8) is 0 Å². The number of aliphatic carboxylic acids is 1. The van der Waals surface area contributed by atoms with Gasteiger partial charge < -0.3 is 15.2 Å². The fraction of sp³-hybridized carbons (Fsp3) is 0.286. The third-order valence-electron chi connectivity index (χ3n) is 2.63. The van der Waals surface area contributed by atoms with Crippen LogP contribution in [0.25, 0.3) is 0 Å². The van der Waals surface area contributed by atoms with E-state index in [1.165, 1.54) is 13.8 Å². The molecule has 0 unspecified atom stereocenters. The third-order valence-corrected chi connectivity index (χ3v) is 2.63. The molecule has 2 N–H and O–H groups in total. The topological polar surface area (TPSA) is 75.6 Å². The van der Waals surface area contributed by atoms with Crippen molar-refractivity contribution in [1.82, 2.24) is 0 Å². The number of carbonyl (C=O) groups excluding carboxylic acids is 1. The van der Waals surface area contributed by atoms with Gasteiger partial charge in [-0.25, -0.2) is 4.79 Å². The van der Waals surface area contributed by atoms with Gasteiger partial charge in [0, 0.05) is 22.9 Å². The molecule has 0 saturated carbocycles. The first-order valence-electron chi connectivity index (χ1n) is 5.90. The second kappa shape index (κ2) is 6.58. The lowest BCUT2D eigenvalue weighted by molar-refractivity contribution is -0.133. The average Bonchev–Trinajstić information content (AvgIpc) is 2.37. The zero-order chi connectivity index (χ0) is 14.4. The highest BCUT2D eigenvalue weighted by Gasteiger charge is 2.12. The van der Waals surface area contributed by atoms with E-state index in [4.69, 9.17) is 9.84 Å². The van der Waals surface area contributed by atoms with Gasteiger partial charge in [0.25, 0.3) is 5.91 Å². The molecule has 0 atom stereocenters. The number of carboxylic acids is 1. The van der Waals surface area contributed by atoms with Gasteiger partial charge in [0.2, 0.25) is 0 Å². The van der Waals surface area contributed by atoms with Crippen LogP contribution in [0.1, 0.15) is 20.8 Å². The Labute approximate surface area is 111 Å². The molecule has 5 nitrogen and oxygen atoms in total. The first-order chi connectivity index (χ1) is 8.95. The first kappa shape index (κ1) is 14.8. The summed E-state index contributed by atoms with van der Waals surface area (Å²) in [5, 5.41) is 11.5. The molecule has 0 aliphatic rings. The highest BCUT2D eigenvalue weighted by atomic mass is 16.5. The number of hydrogen-bond donors (Lipinski definition) is 2. The van der Waals surface area contributed by atoms with Crippen molar-refractivity contribution in [1.29, 1.82) is 0 Å². The summed E-state index contributed by atoms with van der Waals surface area (Å²) >= 11 is 0. The highest BCUT2D eigenvalue weighted by molar-refractivity contribution is 6.08. The molecule has 5 heteroatoms. The molecule has 0 heterocycles. The normalized spacial score (nSPS) is 11.5. The molecule has 0 saturated heterocycles. The third kappa shape index (κ3) is 4.13. The lowest BCUT2D eigenvalue weighted by Crippen LogP contribution is -2.16. The number of rotatable bonds is 5. The van der Waals surface area contributed by atoms with Crippen LogP contribution >= 0.6 is 0 Å². The number of carboxylic acid groups (broad SMARTS) is 1. The van der Waals surface area contributed by atoms with Crippen molar-refractivity contribution in [2.75, 3.05) is 11.9 Å². The van der Waals surface area contributed by atoms with Crippen molar-refractivity contribution in [3.05, 3.63) is 35.4 Å². The maximum absolute atomic E-state index is 11.9. The van der Waals surface area contributed by atoms with Crippen LogP contribution in [0.3, 0.4) is 0 Å². The largest absolute Gasteiger partial charge is 0.494 e. The molecule has 0 aliphatic heterocycles. The Bertz CT molecular complexity index is 520. The van der Waals surface area contributed by atoms with E-state index in [9.17, 15) is 9.59 Å². The zero-order valence-corrected chi connectivity index (χ0v) is 11.2. The van der Waals surface area contributed by atoms with Crippen LogP contribution in [0.4, 0.5) is 5.69 Å². The van der Waals surface area contributed by atoms with Gasteiger partial charge >= 0.3 is 5.97 Å². The summed E-state index contributed by atoms with van der Waals surface area (Å²) in [4.78, 5) is 22.6. The van der Waals surface area contributed by atoms with Crippen LogP contribution in [0, 0.1) is 0 Å². The standard InChI is InChI=1S/C14H17NO4/c1-4-19-12-7-5-6-11(8-12)15-13(16)9(2)10(3)14(17)18/h5-8H,4H2,1-3H3,(H,15,16)(H,17,18). The number of anilines is 1. The van der Waals surface area contributed by atoms with Crippen molar-refractivity contribution < 1.29 is 19.4 Å². The maximum atomic E-state index is 11.9. The van der Waals surface area contributed by atoms with Gasteiger partial charge in [0.15, 0.2) is 0 Å². The van der Waals surface area contributed by atoms with Crippen LogP contribution in [-0.4, -0.2) is 23.6 Å². The molecule has 1 amide bonds. The summed E-state index contributed by atoms with van der Waals surface area (Å²) in [6.07, 6.45) is 0. The lowest BCUT2D eigenvalue weighted by atomic mass is 10.1. The Hall–Kier alpha value is -2.30. The highest BCUT2D eigenvalue weighted by Crippen LogP contribution is 2.18. The van der Waals surface area contributed by atoms with Crippen molar-refractivity contribution in [3.8, 4) is 5.75 Å². The molecular formula is C14H17NO4.